The highest BCUT2D eigenvalue weighted by Gasteiger charge is 2.29. The molecule has 0 aromatic heterocycles. The standard InChI is InChI=1S/C20H24N2O4S/c1-13-9-10-19(11-14(13)2)22(27(5,25)26)15(3)20(24)21-18-8-6-7-17(12-18)16(4)23/h6-12,15H,1-5H3,(H,21,24)/t15-/m0/s1. The first-order valence-corrected chi connectivity index (χ1v) is 10.3. The van der Waals surface area contributed by atoms with Crippen molar-refractivity contribution >= 4 is 33.1 Å². The molecule has 1 N–H and O–H groups in total. The fourth-order valence-electron chi connectivity index (χ4n) is 2.73. The molecule has 2 aromatic rings. The van der Waals surface area contributed by atoms with Crippen LogP contribution in [0.3, 0.4) is 0 Å². The summed E-state index contributed by atoms with van der Waals surface area (Å²) < 4.78 is 25.8. The van der Waals surface area contributed by atoms with E-state index in [4.69, 9.17) is 0 Å². The summed E-state index contributed by atoms with van der Waals surface area (Å²) in [5.41, 5.74) is 3.30. The number of anilines is 2. The molecule has 2 aromatic carbocycles. The molecule has 0 aliphatic rings. The second-order valence-electron chi connectivity index (χ2n) is 6.63. The van der Waals surface area contributed by atoms with Crippen LogP contribution >= 0.6 is 0 Å². The van der Waals surface area contributed by atoms with Gasteiger partial charge < -0.3 is 5.32 Å². The Morgan fingerprint density at radius 1 is 1.04 bits per heavy atom. The van der Waals surface area contributed by atoms with Crippen LogP contribution in [0.15, 0.2) is 42.5 Å². The highest BCUT2D eigenvalue weighted by atomic mass is 32.2. The SMILES string of the molecule is CC(=O)c1cccc(NC(=O)[C@H](C)N(c2ccc(C)c(C)c2)S(C)(=O)=O)c1. The minimum absolute atomic E-state index is 0.118. The summed E-state index contributed by atoms with van der Waals surface area (Å²) in [6.45, 7) is 6.79. The molecule has 2 rings (SSSR count). The van der Waals surface area contributed by atoms with E-state index in [2.05, 4.69) is 5.32 Å². The molecule has 0 radical (unpaired) electrons. The van der Waals surface area contributed by atoms with Gasteiger partial charge in [-0.2, -0.15) is 0 Å². The van der Waals surface area contributed by atoms with E-state index in [1.54, 1.807) is 36.4 Å². The van der Waals surface area contributed by atoms with Gasteiger partial charge in [-0.1, -0.05) is 18.2 Å². The number of amides is 1. The highest BCUT2D eigenvalue weighted by Crippen LogP contribution is 2.24. The molecule has 0 heterocycles. The first-order valence-electron chi connectivity index (χ1n) is 8.49. The third-order valence-electron chi connectivity index (χ3n) is 4.37. The number of hydrogen-bond acceptors (Lipinski definition) is 4. The van der Waals surface area contributed by atoms with Crippen molar-refractivity contribution < 1.29 is 18.0 Å². The molecule has 0 saturated heterocycles. The summed E-state index contributed by atoms with van der Waals surface area (Å²) in [6.07, 6.45) is 1.07. The van der Waals surface area contributed by atoms with Gasteiger partial charge in [0.05, 0.1) is 11.9 Å². The predicted molar refractivity (Wildman–Crippen MR) is 108 cm³/mol. The number of carbonyl (C=O) groups excluding carboxylic acids is 2. The topological polar surface area (TPSA) is 83.6 Å². The zero-order valence-electron chi connectivity index (χ0n) is 16.1. The third-order valence-corrected chi connectivity index (χ3v) is 5.61. The molecule has 0 aliphatic heterocycles. The normalized spacial score (nSPS) is 12.3. The molecule has 27 heavy (non-hydrogen) atoms. The number of aryl methyl sites for hydroxylation is 2. The second-order valence-corrected chi connectivity index (χ2v) is 8.49. The Morgan fingerprint density at radius 2 is 1.70 bits per heavy atom. The number of sulfonamides is 1. The van der Waals surface area contributed by atoms with Gasteiger partial charge in [-0.25, -0.2) is 8.42 Å². The van der Waals surface area contributed by atoms with E-state index in [9.17, 15) is 18.0 Å². The van der Waals surface area contributed by atoms with Crippen LogP contribution < -0.4 is 9.62 Å². The van der Waals surface area contributed by atoms with Crippen molar-refractivity contribution in [2.75, 3.05) is 15.9 Å². The Kier molecular flexibility index (Phi) is 6.05. The van der Waals surface area contributed by atoms with Gasteiger partial charge in [0.15, 0.2) is 5.78 Å². The Morgan fingerprint density at radius 3 is 2.26 bits per heavy atom. The Labute approximate surface area is 160 Å². The maximum absolute atomic E-state index is 12.7. The third kappa shape index (κ3) is 4.95. The molecule has 6 nitrogen and oxygen atoms in total. The molecular weight excluding hydrogens is 364 g/mol. The van der Waals surface area contributed by atoms with Crippen LogP contribution in [0.1, 0.15) is 35.3 Å². The average Bonchev–Trinajstić information content (AvgIpc) is 2.57. The van der Waals surface area contributed by atoms with Crippen molar-refractivity contribution in [3.8, 4) is 0 Å². The van der Waals surface area contributed by atoms with E-state index >= 15 is 0 Å². The van der Waals surface area contributed by atoms with Crippen molar-refractivity contribution in [1.82, 2.24) is 0 Å². The maximum Gasteiger partial charge on any atom is 0.247 e. The van der Waals surface area contributed by atoms with Gasteiger partial charge in [0.1, 0.15) is 6.04 Å². The number of nitrogens with one attached hydrogen (secondary N) is 1. The van der Waals surface area contributed by atoms with E-state index in [1.165, 1.54) is 13.8 Å². The zero-order valence-corrected chi connectivity index (χ0v) is 16.9. The number of benzene rings is 2. The first-order chi connectivity index (χ1) is 12.5. The van der Waals surface area contributed by atoms with E-state index in [0.717, 1.165) is 21.7 Å². The van der Waals surface area contributed by atoms with Crippen molar-refractivity contribution in [1.29, 1.82) is 0 Å². The van der Waals surface area contributed by atoms with Crippen molar-refractivity contribution in [3.05, 3.63) is 59.2 Å². The van der Waals surface area contributed by atoms with Crippen LogP contribution in [0.2, 0.25) is 0 Å². The lowest BCUT2D eigenvalue weighted by Crippen LogP contribution is -2.45. The molecule has 0 fully saturated rings. The minimum Gasteiger partial charge on any atom is -0.324 e. The summed E-state index contributed by atoms with van der Waals surface area (Å²) in [5.74, 6) is -0.605. The first kappa shape index (κ1) is 20.6. The summed E-state index contributed by atoms with van der Waals surface area (Å²) in [7, 11) is -3.69. The molecular formula is C20H24N2O4S. The number of carbonyl (C=O) groups is 2. The lowest BCUT2D eigenvalue weighted by atomic mass is 10.1. The molecule has 1 atom stereocenters. The average molecular weight is 388 g/mol. The molecule has 0 aliphatic carbocycles. The number of rotatable bonds is 6. The Bertz CT molecular complexity index is 983. The largest absolute Gasteiger partial charge is 0.324 e. The Balaban J connectivity index is 2.33. The minimum atomic E-state index is -3.69. The Hall–Kier alpha value is -2.67. The number of nitrogens with zero attached hydrogens (tertiary/aromatic N) is 1. The van der Waals surface area contributed by atoms with Gasteiger partial charge in [-0.3, -0.25) is 13.9 Å². The van der Waals surface area contributed by atoms with Crippen LogP contribution in [-0.2, 0) is 14.8 Å². The number of Topliss-reactive ketones (excluding diaryl/α,β-unsaturated/α-hetero) is 1. The monoisotopic (exact) mass is 388 g/mol. The highest BCUT2D eigenvalue weighted by molar-refractivity contribution is 7.92. The van der Waals surface area contributed by atoms with Crippen molar-refractivity contribution in [3.63, 3.8) is 0 Å². The molecule has 0 spiro atoms. The predicted octanol–water partition coefficient (Wildman–Crippen LogP) is 3.30. The summed E-state index contributed by atoms with van der Waals surface area (Å²) in [6, 6.07) is 10.8. The fourth-order valence-corrected chi connectivity index (χ4v) is 3.90. The van der Waals surface area contributed by atoms with Gasteiger partial charge >= 0.3 is 0 Å². The summed E-state index contributed by atoms with van der Waals surface area (Å²) in [5, 5.41) is 2.69. The lowest BCUT2D eigenvalue weighted by Gasteiger charge is -2.28. The van der Waals surface area contributed by atoms with Gasteiger partial charge in [0, 0.05) is 11.3 Å². The smallest absolute Gasteiger partial charge is 0.247 e. The van der Waals surface area contributed by atoms with Gasteiger partial charge in [-0.05, 0) is 63.1 Å². The van der Waals surface area contributed by atoms with E-state index in [1.807, 2.05) is 19.9 Å². The zero-order chi connectivity index (χ0) is 20.4. The van der Waals surface area contributed by atoms with Crippen molar-refractivity contribution in [2.24, 2.45) is 0 Å². The van der Waals surface area contributed by atoms with Gasteiger partial charge in [-0.15, -0.1) is 0 Å². The molecule has 7 heteroatoms. The van der Waals surface area contributed by atoms with Crippen LogP contribution in [0.4, 0.5) is 11.4 Å². The number of hydrogen-bond donors (Lipinski definition) is 1. The molecule has 0 saturated carbocycles. The summed E-state index contributed by atoms with van der Waals surface area (Å²) >= 11 is 0. The van der Waals surface area contributed by atoms with E-state index in [-0.39, 0.29) is 5.78 Å². The molecule has 0 unspecified atom stereocenters. The quantitative estimate of drug-likeness (QED) is 0.770. The molecule has 144 valence electrons. The lowest BCUT2D eigenvalue weighted by molar-refractivity contribution is -0.116. The number of ketones is 1. The van der Waals surface area contributed by atoms with Gasteiger partial charge in [0.25, 0.3) is 0 Å². The molecule has 0 bridgehead atoms. The fraction of sp³-hybridized carbons (Fsp3) is 0.300. The van der Waals surface area contributed by atoms with Crippen LogP contribution in [-0.4, -0.2) is 32.4 Å². The van der Waals surface area contributed by atoms with Crippen LogP contribution in [0.5, 0.6) is 0 Å². The second kappa shape index (κ2) is 7.92. The van der Waals surface area contributed by atoms with Crippen LogP contribution in [0.25, 0.3) is 0 Å². The van der Waals surface area contributed by atoms with E-state index in [0.29, 0.717) is 16.9 Å². The summed E-state index contributed by atoms with van der Waals surface area (Å²) in [4.78, 5) is 24.2. The molecule has 1 amide bonds. The van der Waals surface area contributed by atoms with Crippen LogP contribution in [0, 0.1) is 13.8 Å². The van der Waals surface area contributed by atoms with Gasteiger partial charge in [0.2, 0.25) is 15.9 Å². The van der Waals surface area contributed by atoms with Crippen molar-refractivity contribution in [2.45, 2.75) is 33.7 Å². The van der Waals surface area contributed by atoms with E-state index < -0.39 is 22.0 Å². The maximum atomic E-state index is 12.7.